The van der Waals surface area contributed by atoms with Crippen molar-refractivity contribution in [2.75, 3.05) is 12.4 Å². The Labute approximate surface area is 143 Å². The highest BCUT2D eigenvalue weighted by Crippen LogP contribution is 2.36. The Bertz CT molecular complexity index is 949. The van der Waals surface area contributed by atoms with E-state index in [9.17, 15) is 18.5 Å². The molecule has 0 amide bonds. The van der Waals surface area contributed by atoms with Gasteiger partial charge in [-0.3, -0.25) is 10.1 Å². The van der Waals surface area contributed by atoms with Gasteiger partial charge in [0.15, 0.2) is 5.69 Å². The fourth-order valence-corrected chi connectivity index (χ4v) is 2.65. The molecule has 0 atom stereocenters. The number of primary sulfonamides is 1. The van der Waals surface area contributed by atoms with Crippen LogP contribution in [-0.2, 0) is 16.6 Å². The van der Waals surface area contributed by atoms with Crippen LogP contribution < -0.4 is 15.2 Å². The maximum atomic E-state index is 11.2. The summed E-state index contributed by atoms with van der Waals surface area (Å²) in [5.74, 6) is 0.159. The molecule has 0 fully saturated rings. The molecule has 0 aliphatic heterocycles. The average Bonchev–Trinajstić information content (AvgIpc) is 2.58. The van der Waals surface area contributed by atoms with Crippen molar-refractivity contribution in [3.63, 3.8) is 0 Å². The molecule has 25 heavy (non-hydrogen) atoms. The predicted molar refractivity (Wildman–Crippen MR) is 89.5 cm³/mol. The largest absolute Gasteiger partial charge is 0.494 e. The topological polar surface area (TPSA) is 148 Å². The summed E-state index contributed by atoms with van der Waals surface area (Å²) in [5.41, 5.74) is 0.610. The SMILES string of the molecule is COc1cc(C#N)cc([N+](=O)[O-])c1NCc1ccc(S(N)(=O)=O)cc1. The second kappa shape index (κ2) is 7.16. The highest BCUT2D eigenvalue weighted by Gasteiger charge is 2.20. The molecule has 130 valence electrons. The fraction of sp³-hybridized carbons (Fsp3) is 0.133. The van der Waals surface area contributed by atoms with Gasteiger partial charge in [-0.15, -0.1) is 0 Å². The quantitative estimate of drug-likeness (QED) is 0.587. The Morgan fingerprint density at radius 2 is 1.96 bits per heavy atom. The summed E-state index contributed by atoms with van der Waals surface area (Å²) in [4.78, 5) is 10.6. The smallest absolute Gasteiger partial charge is 0.297 e. The number of sulfonamides is 1. The number of nitriles is 1. The number of nitrogens with one attached hydrogen (secondary N) is 1. The summed E-state index contributed by atoms with van der Waals surface area (Å²) in [6, 6.07) is 10.1. The zero-order chi connectivity index (χ0) is 18.6. The first-order chi connectivity index (χ1) is 11.8. The number of ether oxygens (including phenoxy) is 1. The van der Waals surface area contributed by atoms with Gasteiger partial charge < -0.3 is 10.1 Å². The predicted octanol–water partition coefficient (Wildman–Crippen LogP) is 1.73. The lowest BCUT2D eigenvalue weighted by Gasteiger charge is -2.12. The van der Waals surface area contributed by atoms with Crippen LogP contribution in [0.4, 0.5) is 11.4 Å². The number of rotatable bonds is 6. The van der Waals surface area contributed by atoms with Crippen LogP contribution in [0, 0.1) is 21.4 Å². The van der Waals surface area contributed by atoms with Crippen LogP contribution in [0.15, 0.2) is 41.3 Å². The van der Waals surface area contributed by atoms with Gasteiger partial charge in [0.25, 0.3) is 5.69 Å². The van der Waals surface area contributed by atoms with Gasteiger partial charge in [-0.25, -0.2) is 13.6 Å². The third kappa shape index (κ3) is 4.23. The fourth-order valence-electron chi connectivity index (χ4n) is 2.14. The Balaban J connectivity index is 2.31. The summed E-state index contributed by atoms with van der Waals surface area (Å²) in [6.07, 6.45) is 0. The second-order valence-electron chi connectivity index (χ2n) is 4.98. The van der Waals surface area contributed by atoms with Crippen LogP contribution in [0.3, 0.4) is 0 Å². The molecule has 0 saturated heterocycles. The summed E-state index contributed by atoms with van der Waals surface area (Å²) in [5, 5.41) is 28.1. The number of nitrogens with zero attached hydrogens (tertiary/aromatic N) is 2. The van der Waals surface area contributed by atoms with Crippen LogP contribution in [0.1, 0.15) is 11.1 Å². The second-order valence-corrected chi connectivity index (χ2v) is 6.55. The van der Waals surface area contributed by atoms with E-state index in [1.165, 1.54) is 37.4 Å². The average molecular weight is 362 g/mol. The maximum Gasteiger partial charge on any atom is 0.297 e. The highest BCUT2D eigenvalue weighted by molar-refractivity contribution is 7.89. The van der Waals surface area contributed by atoms with Gasteiger partial charge in [0.05, 0.1) is 28.6 Å². The van der Waals surface area contributed by atoms with E-state index in [2.05, 4.69) is 5.32 Å². The number of hydrogen-bond donors (Lipinski definition) is 2. The molecule has 0 saturated carbocycles. The summed E-state index contributed by atoms with van der Waals surface area (Å²) >= 11 is 0. The molecule has 0 heterocycles. The van der Waals surface area contributed by atoms with E-state index in [0.717, 1.165) is 6.07 Å². The summed E-state index contributed by atoms with van der Waals surface area (Å²) in [7, 11) is -2.44. The standard InChI is InChI=1S/C15H14N4O5S/c1-24-14-7-11(8-16)6-13(19(20)21)15(14)18-9-10-2-4-12(5-3-10)25(17,22)23/h2-7,18H,9H2,1H3,(H2,17,22,23). The Kier molecular flexibility index (Phi) is 5.21. The molecule has 3 N–H and O–H groups in total. The van der Waals surface area contributed by atoms with Crippen LogP contribution in [-0.4, -0.2) is 20.5 Å². The van der Waals surface area contributed by atoms with Gasteiger partial charge >= 0.3 is 0 Å². The van der Waals surface area contributed by atoms with E-state index in [1.807, 2.05) is 6.07 Å². The zero-order valence-corrected chi connectivity index (χ0v) is 13.9. The van der Waals surface area contributed by atoms with E-state index in [1.54, 1.807) is 0 Å². The Hall–Kier alpha value is -3.16. The van der Waals surface area contributed by atoms with Crippen molar-refractivity contribution in [1.82, 2.24) is 0 Å². The molecule has 0 unspecified atom stereocenters. The molecule has 2 aromatic carbocycles. The third-order valence-electron chi connectivity index (χ3n) is 3.35. The first kappa shape index (κ1) is 18.2. The van der Waals surface area contributed by atoms with Crippen molar-refractivity contribution >= 4 is 21.4 Å². The molecular formula is C15H14N4O5S. The first-order valence-corrected chi connectivity index (χ1v) is 8.43. The molecule has 0 aliphatic rings. The molecular weight excluding hydrogens is 348 g/mol. The van der Waals surface area contributed by atoms with Crippen molar-refractivity contribution in [2.24, 2.45) is 5.14 Å². The van der Waals surface area contributed by atoms with Gasteiger partial charge in [0.2, 0.25) is 10.0 Å². The van der Waals surface area contributed by atoms with Gasteiger partial charge in [-0.05, 0) is 17.7 Å². The zero-order valence-electron chi connectivity index (χ0n) is 13.1. The van der Waals surface area contributed by atoms with Gasteiger partial charge in [0.1, 0.15) is 5.75 Å². The molecule has 2 rings (SSSR count). The van der Waals surface area contributed by atoms with Crippen LogP contribution in [0.2, 0.25) is 0 Å². The van der Waals surface area contributed by atoms with E-state index in [0.29, 0.717) is 5.56 Å². The lowest BCUT2D eigenvalue weighted by molar-refractivity contribution is -0.384. The first-order valence-electron chi connectivity index (χ1n) is 6.88. The van der Waals surface area contributed by atoms with Crippen LogP contribution >= 0.6 is 0 Å². The molecule has 0 bridgehead atoms. The van der Waals surface area contributed by atoms with Crippen LogP contribution in [0.25, 0.3) is 0 Å². The minimum atomic E-state index is -3.78. The van der Waals surface area contributed by atoms with Crippen molar-refractivity contribution in [3.05, 3.63) is 57.6 Å². The molecule has 9 nitrogen and oxygen atoms in total. The van der Waals surface area contributed by atoms with Crippen molar-refractivity contribution in [2.45, 2.75) is 11.4 Å². The van der Waals surface area contributed by atoms with E-state index in [4.69, 9.17) is 15.1 Å². The van der Waals surface area contributed by atoms with E-state index in [-0.39, 0.29) is 34.1 Å². The molecule has 10 heteroatoms. The van der Waals surface area contributed by atoms with Gasteiger partial charge in [0, 0.05) is 18.7 Å². The number of nitro groups is 1. The number of benzene rings is 2. The lowest BCUT2D eigenvalue weighted by atomic mass is 10.1. The number of hydrogen-bond acceptors (Lipinski definition) is 7. The van der Waals surface area contributed by atoms with Crippen molar-refractivity contribution in [1.29, 1.82) is 5.26 Å². The maximum absolute atomic E-state index is 11.2. The summed E-state index contributed by atoms with van der Waals surface area (Å²) < 4.78 is 27.6. The third-order valence-corrected chi connectivity index (χ3v) is 4.28. The molecule has 0 spiro atoms. The Morgan fingerprint density at radius 1 is 1.32 bits per heavy atom. The monoisotopic (exact) mass is 362 g/mol. The van der Waals surface area contributed by atoms with Gasteiger partial charge in [-0.2, -0.15) is 5.26 Å². The summed E-state index contributed by atoms with van der Waals surface area (Å²) in [6.45, 7) is 0.175. The normalized spacial score (nSPS) is 10.8. The minimum Gasteiger partial charge on any atom is -0.494 e. The highest BCUT2D eigenvalue weighted by atomic mass is 32.2. The van der Waals surface area contributed by atoms with Crippen LogP contribution in [0.5, 0.6) is 5.75 Å². The minimum absolute atomic E-state index is 0.0295. The number of nitro benzene ring substituents is 1. The van der Waals surface area contributed by atoms with Gasteiger partial charge in [-0.1, -0.05) is 12.1 Å². The number of nitrogens with two attached hydrogens (primary N) is 1. The molecule has 2 aromatic rings. The van der Waals surface area contributed by atoms with E-state index < -0.39 is 14.9 Å². The Morgan fingerprint density at radius 3 is 2.44 bits per heavy atom. The lowest BCUT2D eigenvalue weighted by Crippen LogP contribution is -2.12. The molecule has 0 radical (unpaired) electrons. The van der Waals surface area contributed by atoms with Crippen molar-refractivity contribution < 1.29 is 18.1 Å². The number of methoxy groups -OCH3 is 1. The molecule has 0 aliphatic carbocycles. The number of anilines is 1. The molecule has 0 aromatic heterocycles. The van der Waals surface area contributed by atoms with Crippen molar-refractivity contribution in [3.8, 4) is 11.8 Å². The van der Waals surface area contributed by atoms with E-state index >= 15 is 0 Å².